The summed E-state index contributed by atoms with van der Waals surface area (Å²) in [5.41, 5.74) is -1.08. The van der Waals surface area contributed by atoms with E-state index in [0.29, 0.717) is 13.0 Å². The fraction of sp³-hybridized carbons (Fsp3) is 0.462. The summed E-state index contributed by atoms with van der Waals surface area (Å²) in [7, 11) is 0. The molecule has 0 radical (unpaired) electrons. The molecule has 2 N–H and O–H groups in total. The predicted molar refractivity (Wildman–Crippen MR) is 65.0 cm³/mol. The topological polar surface area (TPSA) is 41.1 Å². The van der Waals surface area contributed by atoms with E-state index in [4.69, 9.17) is 0 Å². The number of carbonyl (C=O) groups is 1. The van der Waals surface area contributed by atoms with Gasteiger partial charge in [-0.25, -0.2) is 17.6 Å². The van der Waals surface area contributed by atoms with Gasteiger partial charge in [0.25, 0.3) is 0 Å². The highest BCUT2D eigenvalue weighted by Crippen LogP contribution is 2.25. The Labute approximate surface area is 113 Å². The van der Waals surface area contributed by atoms with Crippen molar-refractivity contribution in [2.45, 2.75) is 13.3 Å². The van der Waals surface area contributed by atoms with Crippen LogP contribution in [0.25, 0.3) is 0 Å². The second-order valence-electron chi connectivity index (χ2n) is 5.03. The molecular weight excluding hydrogens is 276 g/mol. The van der Waals surface area contributed by atoms with Gasteiger partial charge in [0.1, 0.15) is 5.69 Å². The third-order valence-corrected chi connectivity index (χ3v) is 3.30. The number of amides is 1. The fourth-order valence-electron chi connectivity index (χ4n) is 2.26. The van der Waals surface area contributed by atoms with Gasteiger partial charge in [-0.2, -0.15) is 0 Å². The van der Waals surface area contributed by atoms with E-state index in [9.17, 15) is 22.4 Å². The van der Waals surface area contributed by atoms with E-state index in [1.54, 1.807) is 0 Å². The Morgan fingerprint density at radius 3 is 2.35 bits per heavy atom. The number of carbonyl (C=O) groups excluding carboxylic acids is 1. The molecule has 1 aromatic carbocycles. The zero-order valence-electron chi connectivity index (χ0n) is 10.8. The summed E-state index contributed by atoms with van der Waals surface area (Å²) in [5.74, 6) is -7.22. The first-order chi connectivity index (χ1) is 9.40. The average molecular weight is 290 g/mol. The molecule has 1 heterocycles. The molecule has 1 aliphatic rings. The first kappa shape index (κ1) is 14.8. The van der Waals surface area contributed by atoms with Crippen molar-refractivity contribution in [1.82, 2.24) is 5.32 Å². The average Bonchev–Trinajstić information content (AvgIpc) is 2.41. The summed E-state index contributed by atoms with van der Waals surface area (Å²) in [5, 5.41) is 4.95. The molecule has 7 heteroatoms. The van der Waals surface area contributed by atoms with Gasteiger partial charge in [-0.05, 0) is 18.9 Å². The van der Waals surface area contributed by atoms with Crippen LogP contribution in [0, 0.1) is 35.1 Å². The molecule has 2 atom stereocenters. The lowest BCUT2D eigenvalue weighted by Gasteiger charge is -2.26. The van der Waals surface area contributed by atoms with E-state index in [-0.39, 0.29) is 12.0 Å². The van der Waals surface area contributed by atoms with Crippen molar-refractivity contribution in [3.63, 3.8) is 0 Å². The number of benzene rings is 1. The third kappa shape index (κ3) is 2.92. The minimum absolute atomic E-state index is 0.102. The molecular formula is C13H14F4N2O. The molecule has 1 aliphatic heterocycles. The van der Waals surface area contributed by atoms with E-state index >= 15 is 0 Å². The number of nitrogens with one attached hydrogen (secondary N) is 2. The Bertz CT molecular complexity index is 509. The lowest BCUT2D eigenvalue weighted by molar-refractivity contribution is -0.120. The summed E-state index contributed by atoms with van der Waals surface area (Å²) >= 11 is 0. The maximum Gasteiger partial charge on any atom is 0.228 e. The second-order valence-corrected chi connectivity index (χ2v) is 5.03. The molecule has 1 fully saturated rings. The number of hydrogen-bond donors (Lipinski definition) is 2. The number of halogens is 4. The molecule has 1 aromatic rings. The van der Waals surface area contributed by atoms with Gasteiger partial charge in [0.05, 0.1) is 5.92 Å². The first-order valence-electron chi connectivity index (χ1n) is 6.24. The third-order valence-electron chi connectivity index (χ3n) is 3.30. The van der Waals surface area contributed by atoms with Crippen molar-refractivity contribution in [3.05, 3.63) is 29.3 Å². The summed E-state index contributed by atoms with van der Waals surface area (Å²) in [6, 6.07) is 0.102. The first-order valence-corrected chi connectivity index (χ1v) is 6.24. The normalized spacial score (nSPS) is 22.6. The van der Waals surface area contributed by atoms with Crippen LogP contribution in [-0.2, 0) is 4.79 Å². The lowest BCUT2D eigenvalue weighted by Crippen LogP contribution is -2.41. The monoisotopic (exact) mass is 290 g/mol. The number of piperidine rings is 1. The van der Waals surface area contributed by atoms with Gasteiger partial charge in [0.2, 0.25) is 5.91 Å². The van der Waals surface area contributed by atoms with E-state index < -0.39 is 40.8 Å². The van der Waals surface area contributed by atoms with E-state index in [0.717, 1.165) is 6.54 Å². The predicted octanol–water partition coefficient (Wildman–Crippen LogP) is 2.43. The van der Waals surface area contributed by atoms with Crippen molar-refractivity contribution in [1.29, 1.82) is 0 Å². The van der Waals surface area contributed by atoms with E-state index in [1.165, 1.54) is 0 Å². The van der Waals surface area contributed by atoms with Crippen LogP contribution in [0.5, 0.6) is 0 Å². The van der Waals surface area contributed by atoms with E-state index in [1.807, 2.05) is 12.2 Å². The molecule has 2 unspecified atom stereocenters. The van der Waals surface area contributed by atoms with Crippen LogP contribution in [0.3, 0.4) is 0 Å². The molecule has 0 aromatic heterocycles. The van der Waals surface area contributed by atoms with Gasteiger partial charge in [0, 0.05) is 12.6 Å². The minimum atomic E-state index is -1.60. The zero-order valence-corrected chi connectivity index (χ0v) is 10.8. The van der Waals surface area contributed by atoms with E-state index in [2.05, 4.69) is 5.32 Å². The molecule has 0 saturated carbocycles. The van der Waals surface area contributed by atoms with Gasteiger partial charge in [0.15, 0.2) is 23.3 Å². The van der Waals surface area contributed by atoms with Gasteiger partial charge in [-0.3, -0.25) is 4.79 Å². The highest BCUT2D eigenvalue weighted by atomic mass is 19.2. The molecule has 1 saturated heterocycles. The quantitative estimate of drug-likeness (QED) is 0.649. The van der Waals surface area contributed by atoms with Crippen molar-refractivity contribution in [2.75, 3.05) is 18.4 Å². The Kier molecular flexibility index (Phi) is 4.27. The van der Waals surface area contributed by atoms with Gasteiger partial charge >= 0.3 is 0 Å². The van der Waals surface area contributed by atoms with Crippen molar-refractivity contribution in [2.24, 2.45) is 11.8 Å². The highest BCUT2D eigenvalue weighted by molar-refractivity contribution is 5.93. The zero-order chi connectivity index (χ0) is 14.9. The Morgan fingerprint density at radius 2 is 1.80 bits per heavy atom. The smallest absolute Gasteiger partial charge is 0.228 e. The van der Waals surface area contributed by atoms with Crippen LogP contribution < -0.4 is 10.6 Å². The molecule has 2 rings (SSSR count). The number of rotatable bonds is 2. The molecule has 0 bridgehead atoms. The summed E-state index contributed by atoms with van der Waals surface area (Å²) < 4.78 is 52.9. The molecule has 0 spiro atoms. The minimum Gasteiger partial charge on any atom is -0.321 e. The SMILES string of the molecule is CC1CNCC(C(=O)Nc2c(F)c(F)cc(F)c2F)C1. The number of anilines is 1. The summed E-state index contributed by atoms with van der Waals surface area (Å²) in [6.07, 6.45) is 0.542. The maximum absolute atomic E-state index is 13.4. The fourth-order valence-corrected chi connectivity index (χ4v) is 2.26. The summed E-state index contributed by atoms with van der Waals surface area (Å²) in [4.78, 5) is 11.9. The number of hydrogen-bond acceptors (Lipinski definition) is 2. The molecule has 20 heavy (non-hydrogen) atoms. The van der Waals surface area contributed by atoms with Crippen LogP contribution in [-0.4, -0.2) is 19.0 Å². The van der Waals surface area contributed by atoms with Crippen molar-refractivity contribution in [3.8, 4) is 0 Å². The van der Waals surface area contributed by atoms with Crippen LogP contribution in [0.1, 0.15) is 13.3 Å². The van der Waals surface area contributed by atoms with Crippen LogP contribution in [0.2, 0.25) is 0 Å². The molecule has 1 amide bonds. The van der Waals surface area contributed by atoms with Crippen LogP contribution >= 0.6 is 0 Å². The van der Waals surface area contributed by atoms with Crippen molar-refractivity contribution < 1.29 is 22.4 Å². The molecule has 110 valence electrons. The Balaban J connectivity index is 2.19. The second kappa shape index (κ2) is 5.78. The van der Waals surface area contributed by atoms with Crippen LogP contribution in [0.4, 0.5) is 23.2 Å². The lowest BCUT2D eigenvalue weighted by atomic mass is 9.91. The van der Waals surface area contributed by atoms with Crippen LogP contribution in [0.15, 0.2) is 6.07 Å². The van der Waals surface area contributed by atoms with Crippen molar-refractivity contribution >= 4 is 11.6 Å². The standard InChI is InChI=1S/C13H14F4N2O/c1-6-2-7(5-18-4-6)13(20)19-12-10(16)8(14)3-9(15)11(12)17/h3,6-7,18H,2,4-5H2,1H3,(H,19,20). The van der Waals surface area contributed by atoms with Gasteiger partial charge in [-0.1, -0.05) is 6.92 Å². The van der Waals surface area contributed by atoms with Gasteiger partial charge < -0.3 is 10.6 Å². The highest BCUT2D eigenvalue weighted by Gasteiger charge is 2.27. The molecule has 0 aliphatic carbocycles. The Morgan fingerprint density at radius 1 is 1.20 bits per heavy atom. The molecule has 3 nitrogen and oxygen atoms in total. The Hall–Kier alpha value is -1.63. The maximum atomic E-state index is 13.4. The largest absolute Gasteiger partial charge is 0.321 e. The summed E-state index contributed by atoms with van der Waals surface area (Å²) in [6.45, 7) is 3.04. The van der Waals surface area contributed by atoms with Gasteiger partial charge in [-0.15, -0.1) is 0 Å².